The molecule has 0 saturated heterocycles. The van der Waals surface area contributed by atoms with Gasteiger partial charge in [0.15, 0.2) is 0 Å². The van der Waals surface area contributed by atoms with Crippen LogP contribution in [0.4, 0.5) is 17.1 Å². The van der Waals surface area contributed by atoms with Crippen molar-refractivity contribution in [2.45, 2.75) is 0 Å². The van der Waals surface area contributed by atoms with Gasteiger partial charge in [0, 0.05) is 33.4 Å². The summed E-state index contributed by atoms with van der Waals surface area (Å²) in [5.41, 5.74) is 21.0. The van der Waals surface area contributed by atoms with Crippen LogP contribution in [0.25, 0.3) is 94.3 Å². The minimum atomic E-state index is 1.07. The van der Waals surface area contributed by atoms with Gasteiger partial charge in [0.1, 0.15) is 0 Å². The molecule has 0 amide bonds. The molecule has 0 fully saturated rings. The standard InChI is InChI=1S/C66H46N2/c1-5-19-47(20-6-1)50-35-39-58(40-36-50)67(59-41-37-51(38-42-59)56-45-54(48-21-7-2-8-22-48)44-55(46-56)49-23-9-3-10-24-49)63-32-15-13-29-60(63)52-25-17-26-53(43-52)61-31-18-34-65-66(61)62-30-14-16-33-64(62)68(65)57-27-11-4-12-28-57/h1-46H. The predicted octanol–water partition coefficient (Wildman–Crippen LogP) is 18.3. The van der Waals surface area contributed by atoms with E-state index in [-0.39, 0.29) is 0 Å². The topological polar surface area (TPSA) is 8.17 Å². The number of benzene rings is 11. The van der Waals surface area contributed by atoms with E-state index in [2.05, 4.69) is 289 Å². The van der Waals surface area contributed by atoms with Crippen molar-refractivity contribution in [1.29, 1.82) is 0 Å². The highest BCUT2D eigenvalue weighted by Crippen LogP contribution is 2.44. The second kappa shape index (κ2) is 17.8. The Bertz CT molecular complexity index is 3630. The van der Waals surface area contributed by atoms with Crippen molar-refractivity contribution in [2.75, 3.05) is 4.90 Å². The van der Waals surface area contributed by atoms with E-state index in [1.54, 1.807) is 0 Å². The molecule has 0 N–H and O–H groups in total. The number of para-hydroxylation sites is 3. The second-order valence-corrected chi connectivity index (χ2v) is 17.3. The summed E-state index contributed by atoms with van der Waals surface area (Å²) in [7, 11) is 0. The van der Waals surface area contributed by atoms with Crippen LogP contribution in [0.15, 0.2) is 279 Å². The van der Waals surface area contributed by atoms with Crippen LogP contribution in [0.1, 0.15) is 0 Å². The third-order valence-electron chi connectivity index (χ3n) is 13.2. The molecule has 0 atom stereocenters. The molecule has 0 bridgehead atoms. The molecule has 1 aromatic heterocycles. The van der Waals surface area contributed by atoms with E-state index in [1.165, 1.54) is 71.9 Å². The molecule has 320 valence electrons. The van der Waals surface area contributed by atoms with Crippen molar-refractivity contribution in [3.8, 4) is 72.4 Å². The van der Waals surface area contributed by atoms with E-state index in [4.69, 9.17) is 0 Å². The van der Waals surface area contributed by atoms with Crippen LogP contribution >= 0.6 is 0 Å². The van der Waals surface area contributed by atoms with Crippen molar-refractivity contribution in [2.24, 2.45) is 0 Å². The highest BCUT2D eigenvalue weighted by Gasteiger charge is 2.20. The van der Waals surface area contributed by atoms with Crippen LogP contribution < -0.4 is 4.90 Å². The molecule has 68 heavy (non-hydrogen) atoms. The summed E-state index contributed by atoms with van der Waals surface area (Å²) in [5, 5.41) is 2.49. The lowest BCUT2D eigenvalue weighted by Crippen LogP contribution is -2.11. The van der Waals surface area contributed by atoms with Crippen LogP contribution in [0.2, 0.25) is 0 Å². The van der Waals surface area contributed by atoms with Gasteiger partial charge in [-0.15, -0.1) is 0 Å². The Kier molecular flexibility index (Phi) is 10.6. The van der Waals surface area contributed by atoms with E-state index in [1.807, 2.05) is 0 Å². The summed E-state index contributed by atoms with van der Waals surface area (Å²) in [6.07, 6.45) is 0. The van der Waals surface area contributed by atoms with Crippen LogP contribution in [-0.2, 0) is 0 Å². The van der Waals surface area contributed by atoms with Crippen LogP contribution in [0.3, 0.4) is 0 Å². The lowest BCUT2D eigenvalue weighted by atomic mass is 9.93. The molecule has 0 aliphatic rings. The minimum absolute atomic E-state index is 1.07. The second-order valence-electron chi connectivity index (χ2n) is 17.3. The molecule has 0 aliphatic carbocycles. The summed E-state index contributed by atoms with van der Waals surface area (Å²) in [6, 6.07) is 101. The molecule has 0 unspecified atom stereocenters. The fourth-order valence-electron chi connectivity index (χ4n) is 9.93. The Hall–Kier alpha value is -8.98. The third-order valence-corrected chi connectivity index (χ3v) is 13.2. The first-order valence-electron chi connectivity index (χ1n) is 23.3. The number of anilines is 3. The van der Waals surface area contributed by atoms with Gasteiger partial charge in [0.05, 0.1) is 16.7 Å². The van der Waals surface area contributed by atoms with Crippen molar-refractivity contribution in [3.05, 3.63) is 279 Å². The number of fused-ring (bicyclic) bond motifs is 3. The lowest BCUT2D eigenvalue weighted by molar-refractivity contribution is 1.18. The van der Waals surface area contributed by atoms with Gasteiger partial charge < -0.3 is 9.47 Å². The molecule has 12 aromatic rings. The first kappa shape index (κ1) is 40.5. The molecule has 0 radical (unpaired) electrons. The van der Waals surface area contributed by atoms with Gasteiger partial charge in [-0.2, -0.15) is 0 Å². The molecule has 0 saturated carbocycles. The summed E-state index contributed by atoms with van der Waals surface area (Å²) < 4.78 is 2.39. The Morgan fingerprint density at radius 2 is 0.632 bits per heavy atom. The van der Waals surface area contributed by atoms with E-state index in [0.29, 0.717) is 0 Å². The van der Waals surface area contributed by atoms with Crippen molar-refractivity contribution in [3.63, 3.8) is 0 Å². The zero-order valence-corrected chi connectivity index (χ0v) is 37.5. The van der Waals surface area contributed by atoms with Gasteiger partial charge in [0.25, 0.3) is 0 Å². The highest BCUT2D eigenvalue weighted by atomic mass is 15.1. The highest BCUT2D eigenvalue weighted by molar-refractivity contribution is 6.16. The smallest absolute Gasteiger partial charge is 0.0547 e. The maximum atomic E-state index is 2.41. The normalized spacial score (nSPS) is 11.2. The SMILES string of the molecule is c1ccc(-c2ccc(N(c3ccc(-c4cc(-c5ccccc5)cc(-c5ccccc5)c4)cc3)c3ccccc3-c3cccc(-c4cccc5c4c4ccccc4n5-c4ccccc4)c3)cc2)cc1. The Labute approximate surface area is 397 Å². The summed E-state index contributed by atoms with van der Waals surface area (Å²) in [6.45, 7) is 0. The third kappa shape index (κ3) is 7.64. The number of nitrogens with zero attached hydrogens (tertiary/aromatic N) is 2. The number of hydrogen-bond donors (Lipinski definition) is 0. The molecule has 1 heterocycles. The number of hydrogen-bond acceptors (Lipinski definition) is 1. The molecular weight excluding hydrogens is 821 g/mol. The van der Waals surface area contributed by atoms with E-state index in [0.717, 1.165) is 39.4 Å². The summed E-state index contributed by atoms with van der Waals surface area (Å²) >= 11 is 0. The Morgan fingerprint density at radius 3 is 1.22 bits per heavy atom. The van der Waals surface area contributed by atoms with Crippen molar-refractivity contribution < 1.29 is 0 Å². The average molecular weight is 867 g/mol. The zero-order chi connectivity index (χ0) is 45.2. The van der Waals surface area contributed by atoms with Crippen LogP contribution in [0, 0.1) is 0 Å². The van der Waals surface area contributed by atoms with Gasteiger partial charge >= 0.3 is 0 Å². The number of aromatic nitrogens is 1. The van der Waals surface area contributed by atoms with Gasteiger partial charge in [-0.1, -0.05) is 200 Å². The summed E-state index contributed by atoms with van der Waals surface area (Å²) in [5.74, 6) is 0. The molecule has 0 aliphatic heterocycles. The van der Waals surface area contributed by atoms with E-state index >= 15 is 0 Å². The maximum Gasteiger partial charge on any atom is 0.0547 e. The number of rotatable bonds is 10. The van der Waals surface area contributed by atoms with Crippen molar-refractivity contribution in [1.82, 2.24) is 4.57 Å². The minimum Gasteiger partial charge on any atom is -0.310 e. The molecule has 11 aromatic carbocycles. The molecule has 2 nitrogen and oxygen atoms in total. The predicted molar refractivity (Wildman–Crippen MR) is 288 cm³/mol. The monoisotopic (exact) mass is 866 g/mol. The molecular formula is C66H46N2. The fourth-order valence-corrected chi connectivity index (χ4v) is 9.93. The van der Waals surface area contributed by atoms with E-state index in [9.17, 15) is 0 Å². The molecule has 12 rings (SSSR count). The molecule has 2 heteroatoms. The maximum absolute atomic E-state index is 2.41. The average Bonchev–Trinajstić information content (AvgIpc) is 3.77. The quantitative estimate of drug-likeness (QED) is 0.133. The lowest BCUT2D eigenvalue weighted by Gasteiger charge is -2.28. The molecule has 0 spiro atoms. The van der Waals surface area contributed by atoms with Crippen LogP contribution in [0.5, 0.6) is 0 Å². The zero-order valence-electron chi connectivity index (χ0n) is 37.5. The first-order chi connectivity index (χ1) is 33.7. The van der Waals surface area contributed by atoms with Gasteiger partial charge in [-0.05, 0) is 140 Å². The van der Waals surface area contributed by atoms with Crippen molar-refractivity contribution >= 4 is 38.9 Å². The summed E-state index contributed by atoms with van der Waals surface area (Å²) in [4.78, 5) is 2.41. The van der Waals surface area contributed by atoms with Gasteiger partial charge in [0.2, 0.25) is 0 Å². The van der Waals surface area contributed by atoms with E-state index < -0.39 is 0 Å². The first-order valence-corrected chi connectivity index (χ1v) is 23.3. The Morgan fingerprint density at radius 1 is 0.250 bits per heavy atom. The largest absolute Gasteiger partial charge is 0.310 e. The Balaban J connectivity index is 0.981. The van der Waals surface area contributed by atoms with Gasteiger partial charge in [-0.25, -0.2) is 0 Å². The van der Waals surface area contributed by atoms with Gasteiger partial charge in [-0.3, -0.25) is 0 Å². The van der Waals surface area contributed by atoms with Crippen LogP contribution in [-0.4, -0.2) is 4.57 Å². The fraction of sp³-hybridized carbons (Fsp3) is 0.